The van der Waals surface area contributed by atoms with Crippen LogP contribution in [0.4, 0.5) is 10.5 Å². The van der Waals surface area contributed by atoms with Gasteiger partial charge < -0.3 is 10.1 Å². The molecule has 2 aromatic carbocycles. The molecule has 0 saturated heterocycles. The Morgan fingerprint density at radius 2 is 1.69 bits per heavy atom. The Balaban J connectivity index is 1.73. The van der Waals surface area contributed by atoms with Crippen molar-refractivity contribution in [2.75, 3.05) is 12.4 Å². The maximum Gasteiger partial charge on any atom is 0.337 e. The first-order valence-corrected chi connectivity index (χ1v) is 8.03. The van der Waals surface area contributed by atoms with E-state index in [0.29, 0.717) is 5.69 Å². The molecule has 3 amide bonds. The highest BCUT2D eigenvalue weighted by Gasteiger charge is 2.04. The standard InChI is InChI=1S/C18H18N4O3S/c1-25-15-10-7-13(8-11-15)9-12-16(23)20-18(26)22-21-17(24)19-14-5-3-2-4-6-14/h2-12H,1H3,(H2,19,21,24)(H2,20,22,23,26). The number of rotatable bonds is 4. The number of amides is 3. The van der Waals surface area contributed by atoms with E-state index in [1.165, 1.54) is 6.08 Å². The summed E-state index contributed by atoms with van der Waals surface area (Å²) in [5.74, 6) is 0.306. The first-order valence-electron chi connectivity index (χ1n) is 7.62. The molecule has 7 nitrogen and oxygen atoms in total. The van der Waals surface area contributed by atoms with Crippen molar-refractivity contribution in [2.24, 2.45) is 0 Å². The molecule has 0 aliphatic rings. The first-order chi connectivity index (χ1) is 12.6. The third-order valence-corrected chi connectivity index (χ3v) is 3.31. The Hall–Kier alpha value is -3.39. The number of thiocarbonyl (C=S) groups is 1. The molecular weight excluding hydrogens is 352 g/mol. The normalized spacial score (nSPS) is 10.0. The van der Waals surface area contributed by atoms with E-state index >= 15 is 0 Å². The molecule has 0 unspecified atom stereocenters. The predicted molar refractivity (Wildman–Crippen MR) is 105 cm³/mol. The molecule has 0 saturated carbocycles. The average Bonchev–Trinajstić information content (AvgIpc) is 2.66. The second-order valence-corrected chi connectivity index (χ2v) is 5.40. The van der Waals surface area contributed by atoms with Crippen molar-refractivity contribution in [2.45, 2.75) is 0 Å². The first kappa shape index (κ1) is 18.9. The summed E-state index contributed by atoms with van der Waals surface area (Å²) in [5, 5.41) is 4.99. The smallest absolute Gasteiger partial charge is 0.337 e. The molecule has 2 aromatic rings. The topological polar surface area (TPSA) is 91.5 Å². The van der Waals surface area contributed by atoms with Gasteiger partial charge in [-0.15, -0.1) is 0 Å². The van der Waals surface area contributed by atoms with Crippen molar-refractivity contribution in [3.63, 3.8) is 0 Å². The molecular formula is C18H18N4O3S. The van der Waals surface area contributed by atoms with E-state index in [0.717, 1.165) is 11.3 Å². The number of nitrogens with one attached hydrogen (secondary N) is 4. The van der Waals surface area contributed by atoms with Crippen molar-refractivity contribution >= 4 is 41.0 Å². The minimum absolute atomic E-state index is 0.0300. The maximum absolute atomic E-state index is 11.8. The molecule has 0 aromatic heterocycles. The number of ether oxygens (including phenoxy) is 1. The molecule has 134 valence electrons. The molecule has 0 aliphatic carbocycles. The minimum Gasteiger partial charge on any atom is -0.497 e. The molecule has 0 spiro atoms. The highest BCUT2D eigenvalue weighted by molar-refractivity contribution is 7.80. The maximum atomic E-state index is 11.8. The van der Waals surface area contributed by atoms with Gasteiger partial charge in [0.1, 0.15) is 5.75 Å². The van der Waals surface area contributed by atoms with Crippen LogP contribution in [0.15, 0.2) is 60.7 Å². The lowest BCUT2D eigenvalue weighted by Gasteiger charge is -2.10. The van der Waals surface area contributed by atoms with Gasteiger partial charge in [0.05, 0.1) is 7.11 Å². The molecule has 0 radical (unpaired) electrons. The highest BCUT2D eigenvalue weighted by atomic mass is 32.1. The zero-order chi connectivity index (χ0) is 18.8. The SMILES string of the molecule is COc1ccc(C=CC(=O)NC(=S)NNC(=O)Nc2ccccc2)cc1. The van der Waals surface area contributed by atoms with Crippen LogP contribution in [0.3, 0.4) is 0 Å². The van der Waals surface area contributed by atoms with Crippen LogP contribution in [0.2, 0.25) is 0 Å². The second-order valence-electron chi connectivity index (χ2n) is 5.00. The fourth-order valence-electron chi connectivity index (χ4n) is 1.87. The van der Waals surface area contributed by atoms with Crippen molar-refractivity contribution in [1.29, 1.82) is 0 Å². The average molecular weight is 370 g/mol. The van der Waals surface area contributed by atoms with E-state index in [1.54, 1.807) is 49.6 Å². The number of hydrogen-bond donors (Lipinski definition) is 4. The zero-order valence-electron chi connectivity index (χ0n) is 14.0. The van der Waals surface area contributed by atoms with E-state index in [9.17, 15) is 9.59 Å². The zero-order valence-corrected chi connectivity index (χ0v) is 14.8. The van der Waals surface area contributed by atoms with Gasteiger partial charge in [-0.3, -0.25) is 15.5 Å². The van der Waals surface area contributed by atoms with Crippen LogP contribution in [0.25, 0.3) is 6.08 Å². The summed E-state index contributed by atoms with van der Waals surface area (Å²) in [4.78, 5) is 23.5. The molecule has 8 heteroatoms. The summed E-state index contributed by atoms with van der Waals surface area (Å²) < 4.78 is 5.06. The number of benzene rings is 2. The van der Waals surface area contributed by atoms with Gasteiger partial charge in [0, 0.05) is 11.8 Å². The van der Waals surface area contributed by atoms with Gasteiger partial charge in [0.15, 0.2) is 5.11 Å². The second kappa shape index (κ2) is 9.80. The van der Waals surface area contributed by atoms with E-state index in [1.807, 2.05) is 18.2 Å². The Labute approximate surface area is 156 Å². The molecule has 26 heavy (non-hydrogen) atoms. The number of hydrazine groups is 1. The van der Waals surface area contributed by atoms with Gasteiger partial charge in [-0.25, -0.2) is 10.2 Å². The molecule has 0 heterocycles. The number of methoxy groups -OCH3 is 1. The van der Waals surface area contributed by atoms with Gasteiger partial charge in [0.2, 0.25) is 5.91 Å². The summed E-state index contributed by atoms with van der Waals surface area (Å²) in [5.41, 5.74) is 6.23. The Morgan fingerprint density at radius 3 is 2.35 bits per heavy atom. The molecule has 0 fully saturated rings. The molecule has 0 bridgehead atoms. The number of para-hydroxylation sites is 1. The summed E-state index contributed by atoms with van der Waals surface area (Å²) in [6.07, 6.45) is 2.97. The van der Waals surface area contributed by atoms with Crippen LogP contribution in [-0.4, -0.2) is 24.2 Å². The predicted octanol–water partition coefficient (Wildman–Crippen LogP) is 2.44. The van der Waals surface area contributed by atoms with Crippen molar-refractivity contribution in [3.8, 4) is 5.75 Å². The number of carbonyl (C=O) groups is 2. The number of hydrogen-bond acceptors (Lipinski definition) is 4. The van der Waals surface area contributed by atoms with Crippen LogP contribution in [0, 0.1) is 0 Å². The van der Waals surface area contributed by atoms with Gasteiger partial charge in [-0.05, 0) is 48.1 Å². The quantitative estimate of drug-likeness (QED) is 0.377. The van der Waals surface area contributed by atoms with Crippen LogP contribution < -0.4 is 26.2 Å². The van der Waals surface area contributed by atoms with Gasteiger partial charge in [0.25, 0.3) is 0 Å². The van der Waals surface area contributed by atoms with Gasteiger partial charge in [-0.2, -0.15) is 0 Å². The Kier molecular flexibility index (Phi) is 7.14. The highest BCUT2D eigenvalue weighted by Crippen LogP contribution is 2.12. The third-order valence-electron chi connectivity index (χ3n) is 3.10. The Bertz CT molecular complexity index is 792. The number of urea groups is 1. The van der Waals surface area contributed by atoms with Gasteiger partial charge >= 0.3 is 6.03 Å². The lowest BCUT2D eigenvalue weighted by molar-refractivity contribution is -0.115. The summed E-state index contributed by atoms with van der Waals surface area (Å²) in [6, 6.07) is 15.6. The lowest BCUT2D eigenvalue weighted by atomic mass is 10.2. The lowest BCUT2D eigenvalue weighted by Crippen LogP contribution is -2.49. The van der Waals surface area contributed by atoms with Crippen molar-refractivity contribution < 1.29 is 14.3 Å². The van der Waals surface area contributed by atoms with Crippen LogP contribution >= 0.6 is 12.2 Å². The monoisotopic (exact) mass is 370 g/mol. The minimum atomic E-state index is -0.512. The molecule has 4 N–H and O–H groups in total. The van der Waals surface area contributed by atoms with Crippen LogP contribution in [-0.2, 0) is 4.79 Å². The largest absolute Gasteiger partial charge is 0.497 e. The van der Waals surface area contributed by atoms with Gasteiger partial charge in [-0.1, -0.05) is 30.3 Å². The number of carbonyl (C=O) groups excluding carboxylic acids is 2. The van der Waals surface area contributed by atoms with E-state index in [2.05, 4.69) is 21.5 Å². The summed E-state index contributed by atoms with van der Waals surface area (Å²) in [6.45, 7) is 0. The van der Waals surface area contributed by atoms with Crippen LogP contribution in [0.5, 0.6) is 5.75 Å². The summed E-state index contributed by atoms with van der Waals surface area (Å²) >= 11 is 4.94. The number of anilines is 1. The molecule has 2 rings (SSSR count). The Morgan fingerprint density at radius 1 is 1.00 bits per heavy atom. The van der Waals surface area contributed by atoms with Crippen LogP contribution in [0.1, 0.15) is 5.56 Å². The fourth-order valence-corrected chi connectivity index (χ4v) is 2.02. The van der Waals surface area contributed by atoms with E-state index in [-0.39, 0.29) is 5.11 Å². The third kappa shape index (κ3) is 6.62. The fraction of sp³-hybridized carbons (Fsp3) is 0.0556. The van der Waals surface area contributed by atoms with Crippen molar-refractivity contribution in [1.82, 2.24) is 16.2 Å². The van der Waals surface area contributed by atoms with E-state index in [4.69, 9.17) is 17.0 Å². The van der Waals surface area contributed by atoms with Crippen molar-refractivity contribution in [3.05, 3.63) is 66.2 Å². The molecule has 0 atom stereocenters. The molecule has 0 aliphatic heterocycles. The van der Waals surface area contributed by atoms with E-state index < -0.39 is 11.9 Å². The summed E-state index contributed by atoms with van der Waals surface area (Å²) in [7, 11) is 1.58.